The number of ether oxygens (including phenoxy) is 1. The van der Waals surface area contributed by atoms with Crippen LogP contribution < -0.4 is 10.6 Å². The minimum absolute atomic E-state index is 0.230. The smallest absolute Gasteiger partial charge is 0.341 e. The average Bonchev–Trinajstić information content (AvgIpc) is 2.96. The standard InChI is InChI=1S/C18H26N2O6S/c1-4-10-6-7-11-12(8-10)27-14(13(11)15(21)26-5-2)20-17(24)19-9-18(3,25)16(22)23/h10,25H,4-9H2,1-3H3,(H,22,23)(H2,19,20,24). The number of aliphatic hydroxyl groups is 1. The van der Waals surface area contributed by atoms with Gasteiger partial charge < -0.3 is 20.3 Å². The number of hydrogen-bond acceptors (Lipinski definition) is 6. The minimum Gasteiger partial charge on any atom is -0.479 e. The van der Waals surface area contributed by atoms with Gasteiger partial charge in [0.05, 0.1) is 18.7 Å². The molecule has 0 fully saturated rings. The van der Waals surface area contributed by atoms with Gasteiger partial charge in [-0.1, -0.05) is 13.3 Å². The fraction of sp³-hybridized carbons (Fsp3) is 0.611. The number of carboxylic acids is 1. The van der Waals surface area contributed by atoms with E-state index < -0.39 is 30.1 Å². The Balaban J connectivity index is 2.20. The van der Waals surface area contributed by atoms with Gasteiger partial charge in [0, 0.05) is 4.88 Å². The van der Waals surface area contributed by atoms with Gasteiger partial charge in [0.2, 0.25) is 0 Å². The van der Waals surface area contributed by atoms with Crippen LogP contribution >= 0.6 is 11.3 Å². The molecule has 4 N–H and O–H groups in total. The fourth-order valence-corrected chi connectivity index (χ4v) is 4.33. The zero-order valence-electron chi connectivity index (χ0n) is 15.8. The van der Waals surface area contributed by atoms with E-state index in [0.29, 0.717) is 16.5 Å². The van der Waals surface area contributed by atoms with Gasteiger partial charge in [-0.2, -0.15) is 0 Å². The Morgan fingerprint density at radius 2 is 2.04 bits per heavy atom. The van der Waals surface area contributed by atoms with Gasteiger partial charge in [-0.25, -0.2) is 14.4 Å². The molecule has 1 aromatic heterocycles. The molecule has 1 heterocycles. The number of carbonyl (C=O) groups excluding carboxylic acids is 2. The lowest BCUT2D eigenvalue weighted by Gasteiger charge is -2.21. The van der Waals surface area contributed by atoms with Crippen LogP contribution in [0.15, 0.2) is 0 Å². The molecule has 1 aliphatic carbocycles. The third-order valence-electron chi connectivity index (χ3n) is 4.71. The predicted molar refractivity (Wildman–Crippen MR) is 101 cm³/mol. The second-order valence-corrected chi connectivity index (χ2v) is 7.94. The second-order valence-electron chi connectivity index (χ2n) is 6.83. The van der Waals surface area contributed by atoms with Crippen molar-refractivity contribution in [1.82, 2.24) is 5.32 Å². The third-order valence-corrected chi connectivity index (χ3v) is 5.87. The normalized spacial score (nSPS) is 18.1. The van der Waals surface area contributed by atoms with Gasteiger partial charge in [0.1, 0.15) is 5.00 Å². The van der Waals surface area contributed by atoms with Gasteiger partial charge in [0.15, 0.2) is 5.60 Å². The van der Waals surface area contributed by atoms with E-state index in [1.54, 1.807) is 6.92 Å². The first-order valence-electron chi connectivity index (χ1n) is 9.01. The van der Waals surface area contributed by atoms with E-state index in [4.69, 9.17) is 9.84 Å². The number of nitrogens with one attached hydrogen (secondary N) is 2. The van der Waals surface area contributed by atoms with Crippen LogP contribution in [0.5, 0.6) is 0 Å². The Bertz CT molecular complexity index is 728. The average molecular weight is 398 g/mol. The van der Waals surface area contributed by atoms with E-state index in [0.717, 1.165) is 43.0 Å². The molecule has 0 bridgehead atoms. The van der Waals surface area contributed by atoms with E-state index in [1.807, 2.05) is 0 Å². The van der Waals surface area contributed by atoms with Crippen LogP contribution in [-0.4, -0.2) is 46.9 Å². The summed E-state index contributed by atoms with van der Waals surface area (Å²) < 4.78 is 5.15. The summed E-state index contributed by atoms with van der Waals surface area (Å²) in [5, 5.41) is 23.9. The van der Waals surface area contributed by atoms with Crippen LogP contribution in [0.4, 0.5) is 9.80 Å². The van der Waals surface area contributed by atoms with E-state index in [-0.39, 0.29) is 6.61 Å². The highest BCUT2D eigenvalue weighted by Gasteiger charge is 2.32. The van der Waals surface area contributed by atoms with Crippen molar-refractivity contribution in [2.45, 2.75) is 52.1 Å². The van der Waals surface area contributed by atoms with Crippen molar-refractivity contribution in [3.05, 3.63) is 16.0 Å². The molecule has 27 heavy (non-hydrogen) atoms. The second kappa shape index (κ2) is 8.71. The van der Waals surface area contributed by atoms with Gasteiger partial charge in [0.25, 0.3) is 0 Å². The summed E-state index contributed by atoms with van der Waals surface area (Å²) in [6, 6.07) is -0.687. The molecule has 2 unspecified atom stereocenters. The topological polar surface area (TPSA) is 125 Å². The lowest BCUT2D eigenvalue weighted by molar-refractivity contribution is -0.155. The summed E-state index contributed by atoms with van der Waals surface area (Å²) in [4.78, 5) is 36.6. The Morgan fingerprint density at radius 1 is 1.33 bits per heavy atom. The first-order valence-corrected chi connectivity index (χ1v) is 9.83. The van der Waals surface area contributed by atoms with E-state index in [1.165, 1.54) is 11.3 Å². The summed E-state index contributed by atoms with van der Waals surface area (Å²) in [7, 11) is 0. The maximum absolute atomic E-state index is 12.4. The monoisotopic (exact) mass is 398 g/mol. The number of rotatable bonds is 7. The van der Waals surface area contributed by atoms with E-state index in [2.05, 4.69) is 17.6 Å². The van der Waals surface area contributed by atoms with Crippen LogP contribution in [-0.2, 0) is 22.4 Å². The number of urea groups is 1. The highest BCUT2D eigenvalue weighted by Crippen LogP contribution is 2.40. The van der Waals surface area contributed by atoms with E-state index >= 15 is 0 Å². The summed E-state index contributed by atoms with van der Waals surface area (Å²) in [6.07, 6.45) is 3.66. The van der Waals surface area contributed by atoms with Crippen molar-refractivity contribution in [3.8, 4) is 0 Å². The first kappa shape index (κ1) is 21.2. The molecule has 8 nitrogen and oxygen atoms in total. The first-order chi connectivity index (χ1) is 12.7. The largest absolute Gasteiger partial charge is 0.479 e. The number of fused-ring (bicyclic) bond motifs is 1. The Labute approximate surface area is 161 Å². The summed E-state index contributed by atoms with van der Waals surface area (Å²) in [6.45, 7) is 4.71. The van der Waals surface area contributed by atoms with Crippen molar-refractivity contribution >= 4 is 34.3 Å². The molecule has 0 saturated carbocycles. The zero-order valence-corrected chi connectivity index (χ0v) is 16.6. The molecule has 9 heteroatoms. The number of thiophene rings is 1. The molecular weight excluding hydrogens is 372 g/mol. The maximum atomic E-state index is 12.4. The quantitative estimate of drug-likeness (QED) is 0.523. The fourth-order valence-electron chi connectivity index (χ4n) is 2.99. The molecule has 150 valence electrons. The van der Waals surface area contributed by atoms with Crippen molar-refractivity contribution in [2.75, 3.05) is 18.5 Å². The van der Waals surface area contributed by atoms with Crippen molar-refractivity contribution in [1.29, 1.82) is 0 Å². The Hall–Kier alpha value is -2.13. The van der Waals surface area contributed by atoms with Crippen LogP contribution in [0.1, 0.15) is 54.4 Å². The van der Waals surface area contributed by atoms with Crippen LogP contribution in [0, 0.1) is 5.92 Å². The molecule has 0 radical (unpaired) electrons. The Morgan fingerprint density at radius 3 is 2.63 bits per heavy atom. The number of carboxylic acid groups (broad SMARTS) is 1. The number of amides is 2. The summed E-state index contributed by atoms with van der Waals surface area (Å²) >= 11 is 1.35. The molecule has 0 saturated heterocycles. The lowest BCUT2D eigenvalue weighted by Crippen LogP contribution is -2.47. The molecular formula is C18H26N2O6S. The third kappa shape index (κ3) is 4.98. The lowest BCUT2D eigenvalue weighted by atomic mass is 9.86. The SMILES string of the molecule is CCOC(=O)c1c(NC(=O)NCC(C)(O)C(=O)O)sc2c1CCC(CC)C2. The number of anilines is 1. The Kier molecular flexibility index (Phi) is 6.83. The number of aliphatic carboxylic acids is 1. The zero-order chi connectivity index (χ0) is 20.2. The van der Waals surface area contributed by atoms with Crippen molar-refractivity contribution in [3.63, 3.8) is 0 Å². The van der Waals surface area contributed by atoms with Gasteiger partial charge in [-0.3, -0.25) is 5.32 Å². The summed E-state index contributed by atoms with van der Waals surface area (Å²) in [5.74, 6) is -1.36. The number of esters is 1. The van der Waals surface area contributed by atoms with Gasteiger partial charge in [-0.15, -0.1) is 11.3 Å². The van der Waals surface area contributed by atoms with Crippen LogP contribution in [0.25, 0.3) is 0 Å². The van der Waals surface area contributed by atoms with Crippen LogP contribution in [0.3, 0.4) is 0 Å². The highest BCUT2D eigenvalue weighted by atomic mass is 32.1. The predicted octanol–water partition coefficient (Wildman–Crippen LogP) is 2.40. The molecule has 2 amide bonds. The number of carbonyl (C=O) groups is 3. The molecule has 2 atom stereocenters. The van der Waals surface area contributed by atoms with E-state index in [9.17, 15) is 19.5 Å². The van der Waals surface area contributed by atoms with Crippen molar-refractivity contribution < 1.29 is 29.3 Å². The molecule has 0 spiro atoms. The van der Waals surface area contributed by atoms with Gasteiger partial charge >= 0.3 is 18.0 Å². The molecule has 1 aliphatic rings. The maximum Gasteiger partial charge on any atom is 0.341 e. The minimum atomic E-state index is -2.08. The highest BCUT2D eigenvalue weighted by molar-refractivity contribution is 7.17. The van der Waals surface area contributed by atoms with Gasteiger partial charge in [-0.05, 0) is 44.6 Å². The molecule has 2 rings (SSSR count). The molecule has 0 aliphatic heterocycles. The molecule has 1 aromatic rings. The van der Waals surface area contributed by atoms with Crippen LogP contribution in [0.2, 0.25) is 0 Å². The summed E-state index contributed by atoms with van der Waals surface area (Å²) in [5.41, 5.74) is -0.771. The number of hydrogen-bond donors (Lipinski definition) is 4. The van der Waals surface area contributed by atoms with Crippen molar-refractivity contribution in [2.24, 2.45) is 5.92 Å². The molecule has 0 aromatic carbocycles.